The van der Waals surface area contributed by atoms with Crippen molar-refractivity contribution in [3.05, 3.63) is 133 Å². The number of anilines is 1. The predicted octanol–water partition coefficient (Wildman–Crippen LogP) is 4.98. The summed E-state index contributed by atoms with van der Waals surface area (Å²) in [5, 5.41) is 2.68. The highest BCUT2D eigenvalue weighted by atomic mass is 33.1. The zero-order chi connectivity index (χ0) is 39.6. The van der Waals surface area contributed by atoms with Gasteiger partial charge in [0.15, 0.2) is 0 Å². The Hall–Kier alpha value is -4.61. The van der Waals surface area contributed by atoms with Gasteiger partial charge in [0.2, 0.25) is 5.91 Å². The van der Waals surface area contributed by atoms with E-state index in [0.717, 1.165) is 52.3 Å². The van der Waals surface area contributed by atoms with Gasteiger partial charge >= 0.3 is 11.9 Å². The van der Waals surface area contributed by atoms with Crippen LogP contribution in [-0.2, 0) is 37.0 Å². The fourth-order valence-electron chi connectivity index (χ4n) is 6.39. The molecule has 10 nitrogen and oxygen atoms in total. The molecule has 2 aliphatic rings. The highest BCUT2D eigenvalue weighted by Crippen LogP contribution is 2.33. The number of alkyl halides is 3. The summed E-state index contributed by atoms with van der Waals surface area (Å²) in [6.45, 7) is 3.03. The lowest BCUT2D eigenvalue weighted by atomic mass is 10.1. The quantitative estimate of drug-likeness (QED) is 0.108. The first-order valence-electron chi connectivity index (χ1n) is 17.0. The largest absolute Gasteiger partial charge is 0.416 e. The normalized spacial score (nSPS) is 14.4. The second-order valence-corrected chi connectivity index (χ2v) is 12.6. The van der Waals surface area contributed by atoms with Crippen molar-refractivity contribution >= 4 is 40.8 Å². The molecule has 2 saturated heterocycles. The molecule has 6 rings (SSSR count). The van der Waals surface area contributed by atoms with Crippen LogP contribution >= 0.6 is 23.3 Å². The molecular weight excluding hydrogens is 752 g/mol. The van der Waals surface area contributed by atoms with Crippen molar-refractivity contribution in [3.8, 4) is 0 Å². The number of halogens is 5. The lowest BCUT2D eigenvalue weighted by Gasteiger charge is -2.37. The van der Waals surface area contributed by atoms with Crippen LogP contribution in [0.5, 0.6) is 0 Å². The van der Waals surface area contributed by atoms with Crippen LogP contribution in [0.1, 0.15) is 51.1 Å². The standard InChI is InChI=1S/C33H32F5N5O3.C4H7NO.H2S2/c1-21-29(41-17-15-40(16-18-41)19-23-9-5-10-24(28(23)35)30(39)44)31(45)42(14-13-22-7-3-2-4-8-22)32(46)43(21)20-25-26(33(36,37)38)11-6-12-27(25)34;6-4-2-1-3-5-4;1-2/h2-12H,13-20H2,1H3,(H2,39,44);1-3H2,(H,5,6);1-2H. The molecule has 0 radical (unpaired) electrons. The van der Waals surface area contributed by atoms with Crippen molar-refractivity contribution in [2.24, 2.45) is 5.73 Å². The number of hydrogen-bond donors (Lipinski definition) is 4. The van der Waals surface area contributed by atoms with Crippen molar-refractivity contribution in [1.29, 1.82) is 0 Å². The number of nitrogens with one attached hydrogen (secondary N) is 1. The topological polar surface area (TPSA) is 123 Å². The van der Waals surface area contributed by atoms with E-state index in [1.54, 1.807) is 17.0 Å². The Balaban J connectivity index is 0.000000729. The van der Waals surface area contributed by atoms with Crippen molar-refractivity contribution in [3.63, 3.8) is 0 Å². The molecule has 3 heterocycles. The number of hydrogen-bond acceptors (Lipinski definition) is 8. The maximum absolute atomic E-state index is 14.9. The number of aryl methyl sites for hydroxylation is 1. The number of benzene rings is 3. The van der Waals surface area contributed by atoms with Crippen LogP contribution in [-0.4, -0.2) is 58.6 Å². The SMILES string of the molecule is Cc1c(N2CCN(Cc3cccc(C(N)=O)c3F)CC2)c(=O)n(CCc2ccccc2)c(=O)n1Cc1c(F)cccc1C(F)(F)F.O=C1CCCN1.SS. The highest BCUT2D eigenvalue weighted by molar-refractivity contribution is 8.59. The molecule has 1 aromatic heterocycles. The smallest absolute Gasteiger partial charge is 0.366 e. The van der Waals surface area contributed by atoms with Gasteiger partial charge < -0.3 is 16.0 Å². The van der Waals surface area contributed by atoms with Crippen LogP contribution in [0.2, 0.25) is 0 Å². The van der Waals surface area contributed by atoms with Crippen LogP contribution in [0.4, 0.5) is 27.6 Å². The van der Waals surface area contributed by atoms with E-state index in [1.807, 2.05) is 35.2 Å². The summed E-state index contributed by atoms with van der Waals surface area (Å²) in [5.74, 6) is -2.50. The number of carbonyl (C=O) groups is 2. The highest BCUT2D eigenvalue weighted by Gasteiger charge is 2.35. The van der Waals surface area contributed by atoms with Gasteiger partial charge in [-0.1, -0.05) is 48.5 Å². The summed E-state index contributed by atoms with van der Waals surface area (Å²) in [4.78, 5) is 53.0. The predicted molar refractivity (Wildman–Crippen MR) is 203 cm³/mol. The molecule has 0 atom stereocenters. The molecule has 0 unspecified atom stereocenters. The van der Waals surface area contributed by atoms with Crippen molar-refractivity contribution < 1.29 is 31.5 Å². The van der Waals surface area contributed by atoms with Crippen molar-refractivity contribution in [2.45, 2.75) is 52.0 Å². The van der Waals surface area contributed by atoms with Gasteiger partial charge in [-0.25, -0.2) is 13.6 Å². The number of thiol groups is 2. The fraction of sp³-hybridized carbons (Fsp3) is 0.351. The lowest BCUT2D eigenvalue weighted by molar-refractivity contribution is -0.138. The number of nitrogens with zero attached hydrogens (tertiary/aromatic N) is 4. The van der Waals surface area contributed by atoms with E-state index < -0.39 is 52.6 Å². The van der Waals surface area contributed by atoms with Gasteiger partial charge in [-0.2, -0.15) is 13.2 Å². The summed E-state index contributed by atoms with van der Waals surface area (Å²) in [6, 6.07) is 16.1. The van der Waals surface area contributed by atoms with E-state index in [9.17, 15) is 41.1 Å². The average molecular weight is 793 g/mol. The van der Waals surface area contributed by atoms with Crippen LogP contribution in [0, 0.1) is 18.6 Å². The second kappa shape index (κ2) is 19.1. The molecule has 17 heteroatoms. The average Bonchev–Trinajstić information content (AvgIpc) is 3.64. The molecule has 0 saturated carbocycles. The number of nitrogens with two attached hydrogens (primary N) is 1. The van der Waals surface area contributed by atoms with Gasteiger partial charge in [-0.3, -0.25) is 28.4 Å². The summed E-state index contributed by atoms with van der Waals surface area (Å²) >= 11 is 6.44. The number of aromatic nitrogens is 2. The molecule has 3 N–H and O–H groups in total. The van der Waals surface area contributed by atoms with Crippen LogP contribution in [0.25, 0.3) is 0 Å². The summed E-state index contributed by atoms with van der Waals surface area (Å²) in [5.41, 5.74) is 3.06. The molecule has 0 bridgehead atoms. The molecule has 2 aliphatic heterocycles. The van der Waals surface area contributed by atoms with Crippen LogP contribution in [0.15, 0.2) is 76.3 Å². The molecule has 0 aliphatic carbocycles. The van der Waals surface area contributed by atoms with Gasteiger partial charge in [-0.05, 0) is 43.5 Å². The Labute approximate surface area is 319 Å². The van der Waals surface area contributed by atoms with E-state index in [-0.39, 0.29) is 54.6 Å². The number of piperazine rings is 1. The van der Waals surface area contributed by atoms with E-state index in [2.05, 4.69) is 28.6 Å². The second-order valence-electron chi connectivity index (χ2n) is 12.6. The lowest BCUT2D eigenvalue weighted by Crippen LogP contribution is -2.51. The van der Waals surface area contributed by atoms with Crippen LogP contribution < -0.4 is 27.2 Å². The minimum atomic E-state index is -4.87. The Bertz CT molecular complexity index is 2040. The molecular formula is C37H41F5N6O4S2. The Morgan fingerprint density at radius 3 is 2.11 bits per heavy atom. The third-order valence-corrected chi connectivity index (χ3v) is 9.19. The third kappa shape index (κ3) is 10.3. The molecule has 2 amide bonds. The molecule has 290 valence electrons. The maximum Gasteiger partial charge on any atom is 0.416 e. The first kappa shape index (κ1) is 42.1. The molecule has 0 spiro atoms. The first-order valence-corrected chi connectivity index (χ1v) is 18.6. The first-order chi connectivity index (χ1) is 25.8. The van der Waals surface area contributed by atoms with E-state index in [4.69, 9.17) is 5.73 Å². The molecule has 54 heavy (non-hydrogen) atoms. The van der Waals surface area contributed by atoms with Gasteiger partial charge in [0, 0.05) is 69.1 Å². The molecule has 2 fully saturated rings. The Kier molecular flexibility index (Phi) is 14.9. The van der Waals surface area contributed by atoms with Gasteiger partial charge in [0.05, 0.1) is 17.7 Å². The van der Waals surface area contributed by atoms with Gasteiger partial charge in [-0.15, -0.1) is 23.3 Å². The van der Waals surface area contributed by atoms with E-state index in [0.29, 0.717) is 19.5 Å². The minimum Gasteiger partial charge on any atom is -0.366 e. The molecule has 4 aromatic rings. The number of primary amides is 1. The van der Waals surface area contributed by atoms with Crippen molar-refractivity contribution in [1.82, 2.24) is 19.4 Å². The molecule has 3 aromatic carbocycles. The van der Waals surface area contributed by atoms with Crippen molar-refractivity contribution in [2.75, 3.05) is 37.6 Å². The summed E-state index contributed by atoms with van der Waals surface area (Å²) in [6.07, 6.45) is -2.80. The maximum atomic E-state index is 14.9. The summed E-state index contributed by atoms with van der Waals surface area (Å²) < 4.78 is 73.3. The summed E-state index contributed by atoms with van der Waals surface area (Å²) in [7, 11) is 0. The van der Waals surface area contributed by atoms with Gasteiger partial charge in [0.1, 0.15) is 17.3 Å². The number of rotatable bonds is 9. The Morgan fingerprint density at radius 1 is 0.870 bits per heavy atom. The van der Waals surface area contributed by atoms with Crippen LogP contribution in [0.3, 0.4) is 0 Å². The Morgan fingerprint density at radius 2 is 1.54 bits per heavy atom. The zero-order valence-electron chi connectivity index (χ0n) is 29.4. The minimum absolute atomic E-state index is 0.0478. The number of carbonyl (C=O) groups excluding carboxylic acids is 2. The fourth-order valence-corrected chi connectivity index (χ4v) is 6.39. The monoisotopic (exact) mass is 792 g/mol. The van der Waals surface area contributed by atoms with E-state index in [1.165, 1.54) is 13.0 Å². The van der Waals surface area contributed by atoms with Gasteiger partial charge in [0.25, 0.3) is 11.5 Å². The third-order valence-electron chi connectivity index (χ3n) is 9.19. The van der Waals surface area contributed by atoms with E-state index >= 15 is 0 Å². The number of amides is 2. The zero-order valence-corrected chi connectivity index (χ0v) is 31.2.